The van der Waals surface area contributed by atoms with E-state index >= 15 is 0 Å². The molecule has 47 heavy (non-hydrogen) atoms. The third kappa shape index (κ3) is 7.27. The zero-order valence-electron chi connectivity index (χ0n) is 30.1. The number of pyridine rings is 1. The Balaban J connectivity index is 1.59. The zero-order valence-corrected chi connectivity index (χ0v) is 30.1. The van der Waals surface area contributed by atoms with Crippen LogP contribution in [-0.2, 0) is 30.3 Å². The smallest absolute Gasteiger partial charge is 0.410 e. The third-order valence-corrected chi connectivity index (χ3v) is 11.6. The van der Waals surface area contributed by atoms with Crippen molar-refractivity contribution < 1.29 is 28.6 Å². The van der Waals surface area contributed by atoms with Crippen LogP contribution in [0, 0.1) is 29.1 Å². The maximum Gasteiger partial charge on any atom is 0.410 e. The number of ketones is 1. The first kappa shape index (κ1) is 36.6. The first-order valence-corrected chi connectivity index (χ1v) is 17.3. The van der Waals surface area contributed by atoms with Gasteiger partial charge < -0.3 is 23.7 Å². The van der Waals surface area contributed by atoms with Crippen LogP contribution in [0.3, 0.4) is 0 Å². The number of rotatable bonds is 8. The largest absolute Gasteiger partial charge is 0.458 e. The summed E-state index contributed by atoms with van der Waals surface area (Å²) in [7, 11) is 1.70. The maximum atomic E-state index is 14.3. The lowest BCUT2D eigenvalue weighted by Gasteiger charge is -2.49. The summed E-state index contributed by atoms with van der Waals surface area (Å²) in [5.74, 6) is -1.43. The topological polar surface area (TPSA) is 113 Å². The molecule has 0 radical (unpaired) electrons. The summed E-state index contributed by atoms with van der Waals surface area (Å²) in [6.45, 7) is 19.2. The first-order valence-electron chi connectivity index (χ1n) is 17.3. The average Bonchev–Trinajstić information content (AvgIpc) is 3.62. The number of nitrogens with zero attached hydrogens (tertiary/aromatic N) is 4. The molecule has 0 aromatic carbocycles. The Morgan fingerprint density at radius 3 is 2.36 bits per heavy atom. The summed E-state index contributed by atoms with van der Waals surface area (Å²) in [6.07, 6.45) is 9.20. The van der Waals surface area contributed by atoms with Crippen molar-refractivity contribution in [2.75, 3.05) is 13.7 Å². The first-order chi connectivity index (χ1) is 22.1. The van der Waals surface area contributed by atoms with Crippen molar-refractivity contribution >= 4 is 17.8 Å². The van der Waals surface area contributed by atoms with Crippen LogP contribution in [0.2, 0.25) is 0 Å². The quantitative estimate of drug-likeness (QED) is 0.222. The second-order valence-electron chi connectivity index (χ2n) is 15.0. The SMILES string of the molecule is CC[C@H]1OC(=O)[C@H](C)C[C@H](C)C(C)(C)[C@](C)(OC)C[C@@H](C)C(=O)[C@H](C)[C@H]2N(CCCCn3cnc(-c4cccnc4)c3)C(=O)O[C@]12C. The predicted molar refractivity (Wildman–Crippen MR) is 180 cm³/mol. The van der Waals surface area contributed by atoms with Gasteiger partial charge in [0.15, 0.2) is 5.60 Å². The number of aromatic nitrogens is 3. The van der Waals surface area contributed by atoms with Crippen molar-refractivity contribution in [2.45, 2.75) is 124 Å². The van der Waals surface area contributed by atoms with E-state index < -0.39 is 35.4 Å². The molecule has 8 atom stereocenters. The molecule has 0 spiro atoms. The summed E-state index contributed by atoms with van der Waals surface area (Å²) in [6, 6.07) is 3.26. The van der Waals surface area contributed by atoms with Crippen LogP contribution in [0.1, 0.15) is 94.4 Å². The van der Waals surface area contributed by atoms with Crippen molar-refractivity contribution in [1.82, 2.24) is 19.4 Å². The van der Waals surface area contributed by atoms with E-state index in [0.717, 1.165) is 24.2 Å². The number of carbonyl (C=O) groups is 3. The average molecular weight is 653 g/mol. The van der Waals surface area contributed by atoms with Crippen LogP contribution < -0.4 is 0 Å². The normalized spacial score (nSPS) is 33.6. The number of carbonyl (C=O) groups excluding carboxylic acids is 3. The molecule has 1 amide bonds. The molecule has 4 rings (SSSR count). The van der Waals surface area contributed by atoms with Gasteiger partial charge in [-0.05, 0) is 69.4 Å². The minimum atomic E-state index is -1.20. The van der Waals surface area contributed by atoms with Crippen LogP contribution in [0.25, 0.3) is 11.3 Å². The molecule has 2 aliphatic rings. The van der Waals surface area contributed by atoms with Crippen LogP contribution >= 0.6 is 0 Å². The molecule has 0 N–H and O–H groups in total. The number of unbranched alkanes of at least 4 members (excludes halogenated alkanes) is 1. The molecular weight excluding hydrogens is 596 g/mol. The van der Waals surface area contributed by atoms with E-state index in [0.29, 0.717) is 32.2 Å². The molecule has 0 bridgehead atoms. The van der Waals surface area contributed by atoms with Gasteiger partial charge in [-0.2, -0.15) is 0 Å². The highest BCUT2D eigenvalue weighted by Gasteiger charge is 2.60. The lowest BCUT2D eigenvalue weighted by molar-refractivity contribution is -0.173. The molecule has 10 heteroatoms. The molecule has 0 aliphatic carbocycles. The van der Waals surface area contributed by atoms with E-state index in [1.165, 1.54) is 0 Å². The van der Waals surface area contributed by atoms with Gasteiger partial charge in [0, 0.05) is 56.2 Å². The summed E-state index contributed by atoms with van der Waals surface area (Å²) >= 11 is 0. The summed E-state index contributed by atoms with van der Waals surface area (Å²) < 4.78 is 20.6. The summed E-state index contributed by atoms with van der Waals surface area (Å²) in [5.41, 5.74) is -0.357. The van der Waals surface area contributed by atoms with Crippen LogP contribution in [0.15, 0.2) is 37.1 Å². The fourth-order valence-corrected chi connectivity index (χ4v) is 7.91. The molecule has 2 aromatic rings. The molecule has 0 unspecified atom stereocenters. The molecule has 10 nitrogen and oxygen atoms in total. The number of Topliss-reactive ketones (excluding diaryl/α,β-unsaturated/α-hetero) is 1. The van der Waals surface area contributed by atoms with E-state index in [-0.39, 0.29) is 34.9 Å². The van der Waals surface area contributed by atoms with Gasteiger partial charge in [-0.15, -0.1) is 0 Å². The molecule has 2 saturated heterocycles. The Morgan fingerprint density at radius 1 is 1.02 bits per heavy atom. The fraction of sp³-hybridized carbons (Fsp3) is 0.703. The highest BCUT2D eigenvalue weighted by atomic mass is 16.6. The predicted octanol–water partition coefficient (Wildman–Crippen LogP) is 6.97. The third-order valence-electron chi connectivity index (χ3n) is 11.6. The number of esters is 1. The van der Waals surface area contributed by atoms with Gasteiger partial charge in [-0.3, -0.25) is 14.6 Å². The van der Waals surface area contributed by atoms with Crippen molar-refractivity contribution in [3.05, 3.63) is 37.1 Å². The zero-order chi connectivity index (χ0) is 34.7. The maximum absolute atomic E-state index is 14.3. The number of methoxy groups -OCH3 is 1. The van der Waals surface area contributed by atoms with Gasteiger partial charge in [0.2, 0.25) is 0 Å². The standard InChI is InChI=1S/C37H56N4O6/c1-11-30-37(9)32(41(34(44)47-37)18-13-12-17-40-22-29(39-23-40)28-15-14-16-38-21-28)27(5)31(42)25(3)20-36(8,45-10)35(6,7)26(4)19-24(2)33(43)46-30/h14-16,21-27,30,32H,11-13,17-20H2,1-10H3/t24-,25-,26+,27+,30-,32-,36-,37-/m1/s1. The van der Waals surface area contributed by atoms with Crippen LogP contribution in [0.5, 0.6) is 0 Å². The summed E-state index contributed by atoms with van der Waals surface area (Å²) in [5, 5.41) is 0. The van der Waals surface area contributed by atoms with Crippen molar-refractivity contribution in [3.8, 4) is 11.3 Å². The number of hydrogen-bond donors (Lipinski definition) is 0. The Morgan fingerprint density at radius 2 is 1.72 bits per heavy atom. The van der Waals surface area contributed by atoms with Crippen molar-refractivity contribution in [1.29, 1.82) is 0 Å². The Kier molecular flexibility index (Phi) is 11.3. The van der Waals surface area contributed by atoms with Gasteiger partial charge in [-0.1, -0.05) is 48.5 Å². The molecule has 0 saturated carbocycles. The number of hydrogen-bond acceptors (Lipinski definition) is 8. The Hall–Kier alpha value is -3.27. The van der Waals surface area contributed by atoms with Crippen molar-refractivity contribution in [3.63, 3.8) is 0 Å². The number of amides is 1. The van der Waals surface area contributed by atoms with Gasteiger partial charge in [0.25, 0.3) is 0 Å². The number of fused-ring (bicyclic) bond motifs is 1. The molecule has 260 valence electrons. The lowest BCUT2D eigenvalue weighted by Crippen LogP contribution is -2.58. The number of ether oxygens (including phenoxy) is 3. The number of cyclic esters (lactones) is 1. The number of aryl methyl sites for hydroxylation is 1. The van der Waals surface area contributed by atoms with Gasteiger partial charge >= 0.3 is 12.1 Å². The van der Waals surface area contributed by atoms with Gasteiger partial charge in [-0.25, -0.2) is 9.78 Å². The fourth-order valence-electron chi connectivity index (χ4n) is 7.91. The highest BCUT2D eigenvalue weighted by molar-refractivity contribution is 5.85. The second-order valence-corrected chi connectivity index (χ2v) is 15.0. The van der Waals surface area contributed by atoms with Crippen LogP contribution in [0.4, 0.5) is 4.79 Å². The van der Waals surface area contributed by atoms with Gasteiger partial charge in [0.05, 0.1) is 29.6 Å². The molecular formula is C37H56N4O6. The minimum absolute atomic E-state index is 0.0456. The molecule has 2 fully saturated rings. The van der Waals surface area contributed by atoms with E-state index in [2.05, 4.69) is 37.7 Å². The monoisotopic (exact) mass is 652 g/mol. The van der Waals surface area contributed by atoms with E-state index in [1.54, 1.807) is 30.7 Å². The highest BCUT2D eigenvalue weighted by Crippen LogP contribution is 2.48. The molecule has 4 heterocycles. The Bertz CT molecular complexity index is 1390. The van der Waals surface area contributed by atoms with Gasteiger partial charge in [0.1, 0.15) is 11.9 Å². The summed E-state index contributed by atoms with van der Waals surface area (Å²) in [4.78, 5) is 51.9. The minimum Gasteiger partial charge on any atom is -0.458 e. The lowest BCUT2D eigenvalue weighted by atomic mass is 9.62. The van der Waals surface area contributed by atoms with Crippen molar-refractivity contribution in [2.24, 2.45) is 29.1 Å². The number of imidazole rings is 1. The second kappa shape index (κ2) is 14.5. The van der Waals surface area contributed by atoms with E-state index in [4.69, 9.17) is 14.2 Å². The molecule has 2 aliphatic heterocycles. The van der Waals surface area contributed by atoms with Crippen LogP contribution in [-0.4, -0.2) is 74.3 Å². The van der Waals surface area contributed by atoms with E-state index in [1.807, 2.05) is 57.5 Å². The van der Waals surface area contributed by atoms with E-state index in [9.17, 15) is 14.4 Å². The Labute approximate surface area is 281 Å². The molecule has 2 aromatic heterocycles.